The zero-order valence-corrected chi connectivity index (χ0v) is 14.4. The van der Waals surface area contributed by atoms with E-state index in [-0.39, 0.29) is 5.91 Å². The number of thiazole rings is 1. The number of benzene rings is 2. The molecule has 4 aromatic rings. The van der Waals surface area contributed by atoms with E-state index in [0.29, 0.717) is 5.13 Å². The number of para-hydroxylation sites is 1. The highest BCUT2D eigenvalue weighted by Crippen LogP contribution is 2.29. The van der Waals surface area contributed by atoms with Gasteiger partial charge in [0.25, 0.3) is 5.91 Å². The van der Waals surface area contributed by atoms with E-state index in [0.717, 1.165) is 21.3 Å². The molecule has 1 atom stereocenters. The first-order valence-electron chi connectivity index (χ1n) is 7.93. The Morgan fingerprint density at radius 2 is 1.96 bits per heavy atom. The van der Waals surface area contributed by atoms with Crippen LogP contribution >= 0.6 is 11.3 Å². The van der Waals surface area contributed by atoms with Crippen LogP contribution in [0.15, 0.2) is 67.0 Å². The number of anilines is 1. The number of hydrogen-bond donors (Lipinski definition) is 1. The van der Waals surface area contributed by atoms with Gasteiger partial charge in [0.05, 0.1) is 10.2 Å². The standard InChI is InChI=1S/C19H16N4OS/c1-13-7-5-10-15-16(13)21-19(25-15)22-18(24)17(23-12-6-11-20-23)14-8-3-2-4-9-14/h2-12,17H,1H3,(H,21,22,24). The van der Waals surface area contributed by atoms with Crippen molar-refractivity contribution in [3.63, 3.8) is 0 Å². The van der Waals surface area contributed by atoms with Gasteiger partial charge in [-0.15, -0.1) is 0 Å². The molecule has 2 aromatic heterocycles. The van der Waals surface area contributed by atoms with Gasteiger partial charge >= 0.3 is 0 Å². The molecule has 25 heavy (non-hydrogen) atoms. The molecule has 1 unspecified atom stereocenters. The van der Waals surface area contributed by atoms with Crippen molar-refractivity contribution in [3.05, 3.63) is 78.1 Å². The summed E-state index contributed by atoms with van der Waals surface area (Å²) in [6.45, 7) is 2.02. The van der Waals surface area contributed by atoms with E-state index in [2.05, 4.69) is 15.4 Å². The molecule has 1 N–H and O–H groups in total. The van der Waals surface area contributed by atoms with E-state index in [4.69, 9.17) is 0 Å². The van der Waals surface area contributed by atoms with Gasteiger partial charge in [-0.25, -0.2) is 4.98 Å². The van der Waals surface area contributed by atoms with Crippen LogP contribution in [0.4, 0.5) is 5.13 Å². The lowest BCUT2D eigenvalue weighted by Gasteiger charge is -2.16. The van der Waals surface area contributed by atoms with Gasteiger partial charge in [-0.2, -0.15) is 5.10 Å². The van der Waals surface area contributed by atoms with Crippen molar-refractivity contribution in [1.29, 1.82) is 0 Å². The SMILES string of the molecule is Cc1cccc2sc(NC(=O)C(c3ccccc3)n3cccn3)nc12. The Morgan fingerprint density at radius 3 is 2.68 bits per heavy atom. The highest BCUT2D eigenvalue weighted by atomic mass is 32.1. The summed E-state index contributed by atoms with van der Waals surface area (Å²) in [5.41, 5.74) is 2.90. The molecule has 0 spiro atoms. The molecule has 2 aromatic carbocycles. The normalized spacial score (nSPS) is 12.2. The molecule has 0 saturated carbocycles. The molecule has 2 heterocycles. The number of hydrogen-bond acceptors (Lipinski definition) is 4. The van der Waals surface area contributed by atoms with E-state index in [1.807, 2.05) is 61.5 Å². The van der Waals surface area contributed by atoms with Crippen molar-refractivity contribution < 1.29 is 4.79 Å². The van der Waals surface area contributed by atoms with Gasteiger partial charge in [-0.05, 0) is 30.2 Å². The van der Waals surface area contributed by atoms with Crippen LogP contribution in [0, 0.1) is 6.92 Å². The number of rotatable bonds is 4. The van der Waals surface area contributed by atoms with E-state index in [1.165, 1.54) is 11.3 Å². The van der Waals surface area contributed by atoms with E-state index in [9.17, 15) is 4.79 Å². The lowest BCUT2D eigenvalue weighted by molar-refractivity contribution is -0.118. The van der Waals surface area contributed by atoms with Gasteiger partial charge < -0.3 is 0 Å². The Morgan fingerprint density at radius 1 is 1.12 bits per heavy atom. The number of carbonyl (C=O) groups excluding carboxylic acids is 1. The van der Waals surface area contributed by atoms with Crippen LogP contribution in [0.2, 0.25) is 0 Å². The van der Waals surface area contributed by atoms with Crippen molar-refractivity contribution in [2.45, 2.75) is 13.0 Å². The second-order valence-electron chi connectivity index (χ2n) is 5.73. The number of fused-ring (bicyclic) bond motifs is 1. The van der Waals surface area contributed by atoms with Crippen LogP contribution in [0.3, 0.4) is 0 Å². The minimum atomic E-state index is -0.538. The third kappa shape index (κ3) is 3.04. The molecule has 0 fully saturated rings. The zero-order chi connectivity index (χ0) is 17.2. The van der Waals surface area contributed by atoms with Gasteiger partial charge in [0.15, 0.2) is 11.2 Å². The zero-order valence-electron chi connectivity index (χ0n) is 13.6. The highest BCUT2D eigenvalue weighted by Gasteiger charge is 2.24. The molecule has 6 heteroatoms. The third-order valence-electron chi connectivity index (χ3n) is 4.00. The smallest absolute Gasteiger partial charge is 0.255 e. The van der Waals surface area contributed by atoms with E-state index in [1.54, 1.807) is 17.1 Å². The molecule has 0 aliphatic carbocycles. The quantitative estimate of drug-likeness (QED) is 0.606. The number of carbonyl (C=O) groups is 1. The highest BCUT2D eigenvalue weighted by molar-refractivity contribution is 7.22. The first kappa shape index (κ1) is 15.5. The Bertz CT molecular complexity index is 1010. The van der Waals surface area contributed by atoms with E-state index < -0.39 is 6.04 Å². The molecule has 0 saturated heterocycles. The second kappa shape index (κ2) is 6.49. The lowest BCUT2D eigenvalue weighted by Crippen LogP contribution is -2.27. The molecule has 124 valence electrons. The summed E-state index contributed by atoms with van der Waals surface area (Å²) in [5, 5.41) is 7.80. The number of aromatic nitrogens is 3. The molecular weight excluding hydrogens is 332 g/mol. The lowest BCUT2D eigenvalue weighted by atomic mass is 10.1. The number of nitrogens with one attached hydrogen (secondary N) is 1. The summed E-state index contributed by atoms with van der Waals surface area (Å²) in [6.07, 6.45) is 3.46. The summed E-state index contributed by atoms with van der Waals surface area (Å²) in [6, 6.07) is 16.9. The fourth-order valence-corrected chi connectivity index (χ4v) is 3.75. The van der Waals surface area contributed by atoms with Gasteiger partial charge in [-0.1, -0.05) is 53.8 Å². The maximum Gasteiger partial charge on any atom is 0.255 e. The van der Waals surface area contributed by atoms with Crippen molar-refractivity contribution >= 4 is 32.6 Å². The number of aryl methyl sites for hydroxylation is 1. The maximum absolute atomic E-state index is 13.0. The molecule has 1 amide bonds. The van der Waals surface area contributed by atoms with Crippen LogP contribution in [-0.4, -0.2) is 20.7 Å². The Labute approximate surface area is 149 Å². The summed E-state index contributed by atoms with van der Waals surface area (Å²) >= 11 is 1.48. The van der Waals surface area contributed by atoms with Crippen LogP contribution < -0.4 is 5.32 Å². The predicted molar refractivity (Wildman–Crippen MR) is 99.8 cm³/mol. The average molecular weight is 348 g/mol. The van der Waals surface area contributed by atoms with Crippen LogP contribution in [0.1, 0.15) is 17.2 Å². The van der Waals surface area contributed by atoms with Crippen molar-refractivity contribution in [1.82, 2.24) is 14.8 Å². The van der Waals surface area contributed by atoms with Gasteiger partial charge in [0.2, 0.25) is 0 Å². The summed E-state index contributed by atoms with van der Waals surface area (Å²) in [4.78, 5) is 17.5. The fraction of sp³-hybridized carbons (Fsp3) is 0.105. The minimum Gasteiger partial charge on any atom is -0.300 e. The third-order valence-corrected chi connectivity index (χ3v) is 4.94. The predicted octanol–water partition coefficient (Wildman–Crippen LogP) is 4.03. The fourth-order valence-electron chi connectivity index (χ4n) is 2.81. The van der Waals surface area contributed by atoms with Crippen molar-refractivity contribution in [2.75, 3.05) is 5.32 Å². The first-order valence-corrected chi connectivity index (χ1v) is 8.75. The Balaban J connectivity index is 1.67. The van der Waals surface area contributed by atoms with Crippen LogP contribution in [-0.2, 0) is 4.79 Å². The summed E-state index contributed by atoms with van der Waals surface area (Å²) < 4.78 is 2.72. The molecule has 0 radical (unpaired) electrons. The average Bonchev–Trinajstić information content (AvgIpc) is 3.26. The molecule has 0 aliphatic heterocycles. The van der Waals surface area contributed by atoms with Crippen molar-refractivity contribution in [2.24, 2.45) is 0 Å². The first-order chi connectivity index (χ1) is 12.2. The number of nitrogens with zero attached hydrogens (tertiary/aromatic N) is 3. The largest absolute Gasteiger partial charge is 0.300 e. The van der Waals surface area contributed by atoms with Gasteiger partial charge in [0, 0.05) is 12.4 Å². The molecular formula is C19H16N4OS. The van der Waals surface area contributed by atoms with E-state index >= 15 is 0 Å². The molecule has 0 bridgehead atoms. The maximum atomic E-state index is 13.0. The summed E-state index contributed by atoms with van der Waals surface area (Å²) in [7, 11) is 0. The second-order valence-corrected chi connectivity index (χ2v) is 6.76. The summed E-state index contributed by atoms with van der Waals surface area (Å²) in [5.74, 6) is -0.161. The minimum absolute atomic E-state index is 0.161. The topological polar surface area (TPSA) is 59.8 Å². The van der Waals surface area contributed by atoms with Gasteiger partial charge in [-0.3, -0.25) is 14.8 Å². The van der Waals surface area contributed by atoms with Crippen LogP contribution in [0.5, 0.6) is 0 Å². The Kier molecular flexibility index (Phi) is 4.03. The van der Waals surface area contributed by atoms with Crippen molar-refractivity contribution in [3.8, 4) is 0 Å². The van der Waals surface area contributed by atoms with Crippen LogP contribution in [0.25, 0.3) is 10.2 Å². The molecule has 0 aliphatic rings. The molecule has 5 nitrogen and oxygen atoms in total. The monoisotopic (exact) mass is 348 g/mol. The van der Waals surface area contributed by atoms with Gasteiger partial charge in [0.1, 0.15) is 0 Å². The Hall–Kier alpha value is -2.99. The number of amides is 1. The molecule has 4 rings (SSSR count).